The van der Waals surface area contributed by atoms with E-state index in [1.165, 1.54) is 0 Å². The van der Waals surface area contributed by atoms with Crippen molar-refractivity contribution >= 4 is 11.4 Å². The fourth-order valence-electron chi connectivity index (χ4n) is 3.27. The van der Waals surface area contributed by atoms with Crippen LogP contribution in [-0.4, -0.2) is 51.5 Å². The van der Waals surface area contributed by atoms with Gasteiger partial charge in [0, 0.05) is 32.4 Å². The normalized spacial score (nSPS) is 16.9. The number of para-hydroxylation sites is 2. The molecule has 0 radical (unpaired) electrons. The van der Waals surface area contributed by atoms with Gasteiger partial charge in [-0.3, -0.25) is 0 Å². The maximum Gasteiger partial charge on any atom is 0.259 e. The Bertz CT molecular complexity index is 714. The number of hydrogen-bond acceptors (Lipinski definition) is 6. The highest BCUT2D eigenvalue weighted by molar-refractivity contribution is 5.64. The van der Waals surface area contributed by atoms with E-state index >= 15 is 0 Å². The lowest BCUT2D eigenvalue weighted by atomic mass is 10.2. The summed E-state index contributed by atoms with van der Waals surface area (Å²) in [6, 6.07) is 10.2. The Labute approximate surface area is 141 Å². The molecule has 1 aromatic carbocycles. The van der Waals surface area contributed by atoms with Crippen molar-refractivity contribution in [3.05, 3.63) is 36.5 Å². The van der Waals surface area contributed by atoms with Gasteiger partial charge in [-0.25, -0.2) is 4.98 Å². The molecule has 0 aliphatic carbocycles. The Balaban J connectivity index is 1.51. The van der Waals surface area contributed by atoms with Crippen LogP contribution in [0.1, 0.15) is 0 Å². The highest BCUT2D eigenvalue weighted by Crippen LogP contribution is 2.38. The van der Waals surface area contributed by atoms with Gasteiger partial charge in [0.1, 0.15) is 19.0 Å². The van der Waals surface area contributed by atoms with Gasteiger partial charge in [-0.15, -0.1) is 0 Å². The van der Waals surface area contributed by atoms with E-state index < -0.39 is 0 Å². The number of fused-ring (bicyclic) bond motifs is 1. The fraction of sp³-hybridized carbons (Fsp3) is 0.389. The number of piperazine rings is 1. The summed E-state index contributed by atoms with van der Waals surface area (Å²) in [5.74, 6) is 2.30. The SMILES string of the molecule is COc1ccccc1N1CCN(c2ccnc3c2OCCO3)CC1. The zero-order valence-corrected chi connectivity index (χ0v) is 13.8. The number of ether oxygens (including phenoxy) is 3. The van der Waals surface area contributed by atoms with Crippen LogP contribution < -0.4 is 24.0 Å². The van der Waals surface area contributed by atoms with E-state index in [2.05, 4.69) is 26.9 Å². The van der Waals surface area contributed by atoms with E-state index in [4.69, 9.17) is 14.2 Å². The number of benzene rings is 1. The Morgan fingerprint density at radius 3 is 2.42 bits per heavy atom. The van der Waals surface area contributed by atoms with Crippen LogP contribution in [0.2, 0.25) is 0 Å². The molecule has 0 N–H and O–H groups in total. The Morgan fingerprint density at radius 1 is 0.917 bits per heavy atom. The monoisotopic (exact) mass is 327 g/mol. The summed E-state index contributed by atoms with van der Waals surface area (Å²) in [6.07, 6.45) is 1.79. The van der Waals surface area contributed by atoms with E-state index in [0.717, 1.165) is 49.1 Å². The molecular weight excluding hydrogens is 306 g/mol. The molecule has 0 amide bonds. The Morgan fingerprint density at radius 2 is 1.62 bits per heavy atom. The maximum absolute atomic E-state index is 5.79. The third-order valence-electron chi connectivity index (χ3n) is 4.47. The summed E-state index contributed by atoms with van der Waals surface area (Å²) in [5, 5.41) is 0. The predicted octanol–water partition coefficient (Wildman–Crippen LogP) is 2.19. The Kier molecular flexibility index (Phi) is 4.02. The lowest BCUT2D eigenvalue weighted by Crippen LogP contribution is -2.46. The minimum absolute atomic E-state index is 0.561. The van der Waals surface area contributed by atoms with Crippen LogP contribution in [0.3, 0.4) is 0 Å². The standard InChI is InChI=1S/C18H21N3O3/c1-22-16-5-3-2-4-14(16)20-8-10-21(11-9-20)15-6-7-19-18-17(15)23-12-13-24-18/h2-7H,8-13H2,1H3. The van der Waals surface area contributed by atoms with E-state index in [9.17, 15) is 0 Å². The summed E-state index contributed by atoms with van der Waals surface area (Å²) in [7, 11) is 1.72. The molecule has 0 atom stereocenters. The third-order valence-corrected chi connectivity index (χ3v) is 4.47. The van der Waals surface area contributed by atoms with Crippen molar-refractivity contribution in [1.82, 2.24) is 4.98 Å². The lowest BCUT2D eigenvalue weighted by Gasteiger charge is -2.38. The van der Waals surface area contributed by atoms with Crippen molar-refractivity contribution < 1.29 is 14.2 Å². The zero-order chi connectivity index (χ0) is 16.4. The van der Waals surface area contributed by atoms with Crippen LogP contribution in [0.5, 0.6) is 17.4 Å². The molecule has 2 aliphatic rings. The number of hydrogen-bond donors (Lipinski definition) is 0. The van der Waals surface area contributed by atoms with Crippen molar-refractivity contribution in [2.45, 2.75) is 0 Å². The largest absolute Gasteiger partial charge is 0.495 e. The lowest BCUT2D eigenvalue weighted by molar-refractivity contribution is 0.165. The summed E-state index contributed by atoms with van der Waals surface area (Å²) < 4.78 is 16.9. The smallest absolute Gasteiger partial charge is 0.259 e. The van der Waals surface area contributed by atoms with Gasteiger partial charge in [0.15, 0.2) is 0 Å². The van der Waals surface area contributed by atoms with Crippen molar-refractivity contribution in [1.29, 1.82) is 0 Å². The number of methoxy groups -OCH3 is 1. The van der Waals surface area contributed by atoms with Gasteiger partial charge in [0.25, 0.3) is 5.88 Å². The third kappa shape index (κ3) is 2.68. The first kappa shape index (κ1) is 14.9. The molecule has 0 saturated carbocycles. The molecule has 2 aromatic rings. The molecule has 2 aliphatic heterocycles. The fourth-order valence-corrected chi connectivity index (χ4v) is 3.27. The van der Waals surface area contributed by atoms with Gasteiger partial charge in [-0.05, 0) is 18.2 Å². The van der Waals surface area contributed by atoms with Crippen LogP contribution in [0.15, 0.2) is 36.5 Å². The van der Waals surface area contributed by atoms with Crippen LogP contribution in [0.25, 0.3) is 0 Å². The number of aromatic nitrogens is 1. The van der Waals surface area contributed by atoms with Gasteiger partial charge >= 0.3 is 0 Å². The molecule has 0 unspecified atom stereocenters. The summed E-state index contributed by atoms with van der Waals surface area (Å²) in [5.41, 5.74) is 2.22. The van der Waals surface area contributed by atoms with Crippen molar-refractivity contribution in [2.75, 3.05) is 56.3 Å². The van der Waals surface area contributed by atoms with Gasteiger partial charge in [0.05, 0.1) is 18.5 Å². The quantitative estimate of drug-likeness (QED) is 0.861. The molecule has 0 spiro atoms. The zero-order valence-electron chi connectivity index (χ0n) is 13.8. The van der Waals surface area contributed by atoms with Crippen LogP contribution in [-0.2, 0) is 0 Å². The number of nitrogens with zero attached hydrogens (tertiary/aromatic N) is 3. The summed E-state index contributed by atoms with van der Waals surface area (Å²) in [4.78, 5) is 8.96. The topological polar surface area (TPSA) is 47.1 Å². The van der Waals surface area contributed by atoms with E-state index in [0.29, 0.717) is 19.1 Å². The molecule has 6 heteroatoms. The van der Waals surface area contributed by atoms with E-state index in [1.807, 2.05) is 18.2 Å². The molecule has 24 heavy (non-hydrogen) atoms. The van der Waals surface area contributed by atoms with E-state index in [-0.39, 0.29) is 0 Å². The minimum atomic E-state index is 0.561. The highest BCUT2D eigenvalue weighted by atomic mass is 16.6. The predicted molar refractivity (Wildman–Crippen MR) is 92.6 cm³/mol. The minimum Gasteiger partial charge on any atom is -0.495 e. The number of anilines is 2. The molecule has 3 heterocycles. The first-order valence-electron chi connectivity index (χ1n) is 8.24. The second kappa shape index (κ2) is 6.47. The van der Waals surface area contributed by atoms with Gasteiger partial charge in [-0.2, -0.15) is 0 Å². The molecule has 126 valence electrons. The second-order valence-corrected chi connectivity index (χ2v) is 5.81. The average molecular weight is 327 g/mol. The molecular formula is C18H21N3O3. The molecule has 1 saturated heterocycles. The summed E-state index contributed by atoms with van der Waals surface area (Å²) >= 11 is 0. The average Bonchev–Trinajstić information content (AvgIpc) is 2.67. The van der Waals surface area contributed by atoms with E-state index in [1.54, 1.807) is 13.3 Å². The van der Waals surface area contributed by atoms with Crippen molar-refractivity contribution in [3.8, 4) is 17.4 Å². The Hall–Kier alpha value is -2.63. The van der Waals surface area contributed by atoms with Crippen LogP contribution in [0, 0.1) is 0 Å². The van der Waals surface area contributed by atoms with Crippen molar-refractivity contribution in [2.24, 2.45) is 0 Å². The maximum atomic E-state index is 5.79. The first-order chi connectivity index (χ1) is 11.9. The molecule has 1 aromatic heterocycles. The molecule has 6 nitrogen and oxygen atoms in total. The van der Waals surface area contributed by atoms with Gasteiger partial charge in [-0.1, -0.05) is 12.1 Å². The van der Waals surface area contributed by atoms with Gasteiger partial charge < -0.3 is 24.0 Å². The van der Waals surface area contributed by atoms with Crippen molar-refractivity contribution in [3.63, 3.8) is 0 Å². The van der Waals surface area contributed by atoms with Gasteiger partial charge in [0.2, 0.25) is 5.75 Å². The molecule has 1 fully saturated rings. The molecule has 4 rings (SSSR count). The number of rotatable bonds is 3. The highest BCUT2D eigenvalue weighted by Gasteiger charge is 2.25. The molecule has 0 bridgehead atoms. The summed E-state index contributed by atoms with van der Waals surface area (Å²) in [6.45, 7) is 4.82. The first-order valence-corrected chi connectivity index (χ1v) is 8.24. The second-order valence-electron chi connectivity index (χ2n) is 5.81. The van der Waals surface area contributed by atoms with Crippen LogP contribution in [0.4, 0.5) is 11.4 Å². The van der Waals surface area contributed by atoms with Crippen LogP contribution >= 0.6 is 0 Å². The number of pyridine rings is 1.